The van der Waals surface area contributed by atoms with Crippen LogP contribution in [0.5, 0.6) is 0 Å². The zero-order chi connectivity index (χ0) is 19.7. The van der Waals surface area contributed by atoms with E-state index in [0.717, 1.165) is 21.8 Å². The normalized spacial score (nSPS) is 11.1. The third-order valence-corrected chi connectivity index (χ3v) is 5.67. The molecule has 0 atom stereocenters. The van der Waals surface area contributed by atoms with Crippen LogP contribution in [0.25, 0.3) is 10.2 Å². The standard InChI is InChI=1S/C20H18ClN5OS/c1-13-10-14(2)26(24-13)12-18(27)25(11-15-6-3-4-9-22-15)20-23-19-16(21)7-5-8-17(19)28-20/h3-10H,11-12H2,1-2H3. The number of anilines is 1. The van der Waals surface area contributed by atoms with Gasteiger partial charge in [-0.3, -0.25) is 19.4 Å². The van der Waals surface area contributed by atoms with Crippen LogP contribution in [0.2, 0.25) is 5.02 Å². The minimum Gasteiger partial charge on any atom is -0.280 e. The first-order valence-corrected chi connectivity index (χ1v) is 9.97. The van der Waals surface area contributed by atoms with Gasteiger partial charge in [0, 0.05) is 11.9 Å². The number of halogens is 1. The van der Waals surface area contributed by atoms with Gasteiger partial charge in [-0.2, -0.15) is 5.10 Å². The summed E-state index contributed by atoms with van der Waals surface area (Å²) in [6.45, 7) is 4.32. The van der Waals surface area contributed by atoms with Crippen LogP contribution in [-0.2, 0) is 17.9 Å². The van der Waals surface area contributed by atoms with Crippen molar-refractivity contribution < 1.29 is 4.79 Å². The molecule has 1 aromatic carbocycles. The van der Waals surface area contributed by atoms with Crippen molar-refractivity contribution in [2.24, 2.45) is 0 Å². The fourth-order valence-electron chi connectivity index (χ4n) is 2.98. The summed E-state index contributed by atoms with van der Waals surface area (Å²) in [7, 11) is 0. The zero-order valence-corrected chi connectivity index (χ0v) is 17.0. The number of fused-ring (bicyclic) bond motifs is 1. The molecule has 0 spiro atoms. The first-order valence-electron chi connectivity index (χ1n) is 8.77. The number of aryl methyl sites for hydroxylation is 2. The van der Waals surface area contributed by atoms with Crippen LogP contribution < -0.4 is 4.90 Å². The number of pyridine rings is 1. The lowest BCUT2D eigenvalue weighted by Crippen LogP contribution is -2.34. The summed E-state index contributed by atoms with van der Waals surface area (Å²) in [6.07, 6.45) is 1.72. The summed E-state index contributed by atoms with van der Waals surface area (Å²) in [5.41, 5.74) is 3.31. The number of thiazole rings is 1. The number of amides is 1. The Kier molecular flexibility index (Phi) is 5.11. The van der Waals surface area contributed by atoms with Gasteiger partial charge in [-0.15, -0.1) is 0 Å². The quantitative estimate of drug-likeness (QED) is 0.488. The molecular weight excluding hydrogens is 394 g/mol. The second kappa shape index (κ2) is 7.69. The second-order valence-electron chi connectivity index (χ2n) is 6.47. The van der Waals surface area contributed by atoms with Gasteiger partial charge in [0.25, 0.3) is 5.91 Å². The molecule has 3 aromatic heterocycles. The molecule has 4 rings (SSSR count). The Morgan fingerprint density at radius 3 is 2.75 bits per heavy atom. The summed E-state index contributed by atoms with van der Waals surface area (Å²) in [4.78, 5) is 23.9. The fourth-order valence-corrected chi connectivity index (χ4v) is 4.27. The van der Waals surface area contributed by atoms with E-state index >= 15 is 0 Å². The highest BCUT2D eigenvalue weighted by molar-refractivity contribution is 7.22. The molecule has 28 heavy (non-hydrogen) atoms. The van der Waals surface area contributed by atoms with Crippen molar-refractivity contribution in [3.63, 3.8) is 0 Å². The Balaban J connectivity index is 1.71. The summed E-state index contributed by atoms with van der Waals surface area (Å²) >= 11 is 7.72. The average molecular weight is 412 g/mol. The first kappa shape index (κ1) is 18.6. The molecule has 6 nitrogen and oxygen atoms in total. The SMILES string of the molecule is Cc1cc(C)n(CC(=O)N(Cc2ccccn2)c2nc3c(Cl)cccc3s2)n1. The van der Waals surface area contributed by atoms with Gasteiger partial charge in [0.1, 0.15) is 12.1 Å². The molecule has 0 fully saturated rings. The van der Waals surface area contributed by atoms with E-state index in [9.17, 15) is 4.79 Å². The predicted molar refractivity (Wildman–Crippen MR) is 112 cm³/mol. The van der Waals surface area contributed by atoms with Crippen LogP contribution in [0.3, 0.4) is 0 Å². The van der Waals surface area contributed by atoms with Crippen LogP contribution in [0.15, 0.2) is 48.7 Å². The van der Waals surface area contributed by atoms with Crippen LogP contribution in [-0.4, -0.2) is 25.7 Å². The average Bonchev–Trinajstić information content (AvgIpc) is 3.24. The summed E-state index contributed by atoms with van der Waals surface area (Å²) < 4.78 is 2.65. The maximum atomic E-state index is 13.2. The van der Waals surface area contributed by atoms with E-state index < -0.39 is 0 Å². The Labute approximate surface area is 171 Å². The van der Waals surface area contributed by atoms with Gasteiger partial charge in [0.15, 0.2) is 5.13 Å². The Bertz CT molecular complexity index is 1140. The topological polar surface area (TPSA) is 63.9 Å². The van der Waals surface area contributed by atoms with Gasteiger partial charge in [0.2, 0.25) is 0 Å². The predicted octanol–water partition coefficient (Wildman–Crippen LogP) is 4.39. The van der Waals surface area contributed by atoms with Crippen molar-refractivity contribution in [1.82, 2.24) is 19.7 Å². The molecule has 0 aliphatic rings. The molecule has 0 radical (unpaired) electrons. The van der Waals surface area contributed by atoms with Gasteiger partial charge in [0.05, 0.1) is 27.7 Å². The highest BCUT2D eigenvalue weighted by Crippen LogP contribution is 2.33. The highest BCUT2D eigenvalue weighted by Gasteiger charge is 2.22. The molecule has 0 saturated heterocycles. The summed E-state index contributed by atoms with van der Waals surface area (Å²) in [5, 5.41) is 5.58. The molecule has 1 amide bonds. The van der Waals surface area contributed by atoms with Crippen molar-refractivity contribution in [2.45, 2.75) is 26.9 Å². The molecule has 0 unspecified atom stereocenters. The first-order chi connectivity index (χ1) is 13.5. The zero-order valence-electron chi connectivity index (χ0n) is 15.5. The largest absolute Gasteiger partial charge is 0.280 e. The number of carbonyl (C=O) groups excluding carboxylic acids is 1. The van der Waals surface area contributed by atoms with Gasteiger partial charge < -0.3 is 0 Å². The molecule has 0 aliphatic carbocycles. The number of carbonyl (C=O) groups is 1. The van der Waals surface area contributed by atoms with Gasteiger partial charge in [-0.05, 0) is 44.2 Å². The maximum absolute atomic E-state index is 13.2. The van der Waals surface area contributed by atoms with Gasteiger partial charge >= 0.3 is 0 Å². The van der Waals surface area contributed by atoms with E-state index in [1.54, 1.807) is 21.8 Å². The molecule has 0 saturated carbocycles. The summed E-state index contributed by atoms with van der Waals surface area (Å²) in [5.74, 6) is -0.105. The smallest absolute Gasteiger partial charge is 0.250 e. The Morgan fingerprint density at radius 1 is 1.21 bits per heavy atom. The molecule has 0 N–H and O–H groups in total. The Morgan fingerprint density at radius 2 is 2.07 bits per heavy atom. The van der Waals surface area contributed by atoms with Crippen molar-refractivity contribution >= 4 is 44.2 Å². The number of aromatic nitrogens is 4. The minimum atomic E-state index is -0.105. The second-order valence-corrected chi connectivity index (χ2v) is 7.89. The molecule has 4 aromatic rings. The third-order valence-electron chi connectivity index (χ3n) is 4.33. The minimum absolute atomic E-state index is 0.105. The van der Waals surface area contributed by atoms with Crippen LogP contribution in [0, 0.1) is 13.8 Å². The lowest BCUT2D eigenvalue weighted by atomic mass is 10.3. The Hall–Kier alpha value is -2.77. The molecule has 0 bridgehead atoms. The van der Waals surface area contributed by atoms with E-state index in [0.29, 0.717) is 22.2 Å². The fraction of sp³-hybridized carbons (Fsp3) is 0.200. The highest BCUT2D eigenvalue weighted by atomic mass is 35.5. The van der Waals surface area contributed by atoms with Gasteiger partial charge in [-0.25, -0.2) is 4.98 Å². The van der Waals surface area contributed by atoms with E-state index in [1.807, 2.05) is 50.2 Å². The van der Waals surface area contributed by atoms with Crippen molar-refractivity contribution in [2.75, 3.05) is 4.90 Å². The number of nitrogens with zero attached hydrogens (tertiary/aromatic N) is 5. The monoisotopic (exact) mass is 411 g/mol. The van der Waals surface area contributed by atoms with Crippen molar-refractivity contribution in [3.05, 3.63) is 70.8 Å². The van der Waals surface area contributed by atoms with Crippen LogP contribution in [0.1, 0.15) is 17.1 Å². The van der Waals surface area contributed by atoms with Crippen molar-refractivity contribution in [3.8, 4) is 0 Å². The van der Waals surface area contributed by atoms with E-state index in [2.05, 4.69) is 15.1 Å². The number of hydrogen-bond acceptors (Lipinski definition) is 5. The lowest BCUT2D eigenvalue weighted by molar-refractivity contribution is -0.119. The number of benzene rings is 1. The summed E-state index contributed by atoms with van der Waals surface area (Å²) in [6, 6.07) is 13.2. The maximum Gasteiger partial charge on any atom is 0.250 e. The molecule has 142 valence electrons. The number of rotatable bonds is 5. The van der Waals surface area contributed by atoms with Crippen LogP contribution >= 0.6 is 22.9 Å². The van der Waals surface area contributed by atoms with E-state index in [4.69, 9.17) is 11.6 Å². The van der Waals surface area contributed by atoms with E-state index in [-0.39, 0.29) is 12.5 Å². The third kappa shape index (κ3) is 3.76. The lowest BCUT2D eigenvalue weighted by Gasteiger charge is -2.20. The van der Waals surface area contributed by atoms with Crippen molar-refractivity contribution in [1.29, 1.82) is 0 Å². The van der Waals surface area contributed by atoms with Crippen LogP contribution in [0.4, 0.5) is 5.13 Å². The number of para-hydroxylation sites is 1. The molecular formula is C20H18ClN5OS. The van der Waals surface area contributed by atoms with Gasteiger partial charge in [-0.1, -0.05) is 35.1 Å². The molecule has 3 heterocycles. The van der Waals surface area contributed by atoms with E-state index in [1.165, 1.54) is 11.3 Å². The molecule has 0 aliphatic heterocycles. The molecule has 8 heteroatoms. The number of hydrogen-bond donors (Lipinski definition) is 0.